The van der Waals surface area contributed by atoms with Crippen LogP contribution in [0.5, 0.6) is 0 Å². The van der Waals surface area contributed by atoms with E-state index in [2.05, 4.69) is 25.9 Å². The van der Waals surface area contributed by atoms with E-state index < -0.39 is 0 Å². The molecule has 1 aromatic rings. The molecule has 0 bridgehead atoms. The molecule has 1 heterocycles. The molecular formula is C9H11BrN2S. The van der Waals surface area contributed by atoms with Crippen LogP contribution in [0, 0.1) is 5.41 Å². The van der Waals surface area contributed by atoms with Crippen LogP contribution in [0.15, 0.2) is 23.6 Å². The molecule has 1 aromatic heterocycles. The predicted molar refractivity (Wildman–Crippen MR) is 58.2 cm³/mol. The van der Waals surface area contributed by atoms with Gasteiger partial charge in [0.05, 0.1) is 0 Å². The van der Waals surface area contributed by atoms with Gasteiger partial charge in [-0.05, 0) is 24.3 Å². The van der Waals surface area contributed by atoms with Crippen LogP contribution in [-0.4, -0.2) is 21.1 Å². The lowest BCUT2D eigenvalue weighted by Gasteiger charge is -2.08. The lowest BCUT2D eigenvalue weighted by molar-refractivity contribution is 0.684. The zero-order valence-corrected chi connectivity index (χ0v) is 9.64. The van der Waals surface area contributed by atoms with E-state index in [1.807, 2.05) is 6.07 Å². The predicted octanol–water partition coefficient (Wildman–Crippen LogP) is 2.74. The molecule has 0 N–H and O–H groups in total. The summed E-state index contributed by atoms with van der Waals surface area (Å²) in [6.07, 6.45) is 6.28. The molecule has 1 fully saturated rings. The van der Waals surface area contributed by atoms with Crippen LogP contribution in [0.4, 0.5) is 0 Å². The molecule has 2 nitrogen and oxygen atoms in total. The van der Waals surface area contributed by atoms with Crippen molar-refractivity contribution in [2.75, 3.05) is 11.1 Å². The summed E-state index contributed by atoms with van der Waals surface area (Å²) in [7, 11) is 0. The van der Waals surface area contributed by atoms with E-state index in [0.29, 0.717) is 5.41 Å². The molecule has 4 heteroatoms. The molecule has 0 atom stereocenters. The summed E-state index contributed by atoms with van der Waals surface area (Å²) in [5.74, 6) is 1.14. The fourth-order valence-corrected chi connectivity index (χ4v) is 3.19. The first-order chi connectivity index (χ1) is 6.35. The Balaban J connectivity index is 1.86. The van der Waals surface area contributed by atoms with Crippen molar-refractivity contribution in [2.24, 2.45) is 5.41 Å². The molecule has 1 aliphatic carbocycles. The van der Waals surface area contributed by atoms with Gasteiger partial charge in [-0.1, -0.05) is 27.7 Å². The highest BCUT2D eigenvalue weighted by atomic mass is 79.9. The summed E-state index contributed by atoms with van der Waals surface area (Å²) < 4.78 is 0. The summed E-state index contributed by atoms with van der Waals surface area (Å²) in [4.78, 5) is 8.36. The third-order valence-electron chi connectivity index (χ3n) is 2.29. The maximum atomic E-state index is 4.18. The largest absolute Gasteiger partial charge is 0.231 e. The highest BCUT2D eigenvalue weighted by Crippen LogP contribution is 2.49. The van der Waals surface area contributed by atoms with Crippen molar-refractivity contribution in [1.82, 2.24) is 9.97 Å². The Morgan fingerprint density at radius 1 is 1.38 bits per heavy atom. The molecule has 70 valence electrons. The number of nitrogens with zero attached hydrogens (tertiary/aromatic N) is 2. The quantitative estimate of drug-likeness (QED) is 0.472. The lowest BCUT2D eigenvalue weighted by Crippen LogP contribution is -2.05. The Kier molecular flexibility index (Phi) is 2.89. The van der Waals surface area contributed by atoms with E-state index in [0.717, 1.165) is 16.2 Å². The molecule has 13 heavy (non-hydrogen) atoms. The topological polar surface area (TPSA) is 25.8 Å². The van der Waals surface area contributed by atoms with Crippen LogP contribution in [0.2, 0.25) is 0 Å². The monoisotopic (exact) mass is 258 g/mol. The van der Waals surface area contributed by atoms with Crippen molar-refractivity contribution in [2.45, 2.75) is 18.0 Å². The number of alkyl halides is 1. The highest BCUT2D eigenvalue weighted by molar-refractivity contribution is 9.09. The van der Waals surface area contributed by atoms with Crippen molar-refractivity contribution in [1.29, 1.82) is 0 Å². The summed E-state index contributed by atoms with van der Waals surface area (Å²) in [5.41, 5.74) is 0.546. The first kappa shape index (κ1) is 9.46. The molecular weight excluding hydrogens is 248 g/mol. The molecule has 0 unspecified atom stereocenters. The van der Waals surface area contributed by atoms with E-state index in [1.165, 1.54) is 12.8 Å². The van der Waals surface area contributed by atoms with Crippen LogP contribution < -0.4 is 0 Å². The van der Waals surface area contributed by atoms with Gasteiger partial charge in [-0.25, -0.2) is 9.97 Å². The van der Waals surface area contributed by atoms with Crippen molar-refractivity contribution < 1.29 is 0 Å². The van der Waals surface area contributed by atoms with Crippen LogP contribution in [0.1, 0.15) is 12.8 Å². The van der Waals surface area contributed by atoms with Gasteiger partial charge in [0.1, 0.15) is 0 Å². The van der Waals surface area contributed by atoms with Gasteiger partial charge in [-0.2, -0.15) is 0 Å². The first-order valence-corrected chi connectivity index (χ1v) is 6.41. The summed E-state index contributed by atoms with van der Waals surface area (Å²) in [5, 5.41) is 2.01. The van der Waals surface area contributed by atoms with Gasteiger partial charge < -0.3 is 0 Å². The van der Waals surface area contributed by atoms with Crippen LogP contribution in [0.3, 0.4) is 0 Å². The maximum Gasteiger partial charge on any atom is 0.187 e. The first-order valence-electron chi connectivity index (χ1n) is 4.30. The van der Waals surface area contributed by atoms with Gasteiger partial charge in [0.15, 0.2) is 5.16 Å². The highest BCUT2D eigenvalue weighted by Gasteiger charge is 2.41. The van der Waals surface area contributed by atoms with Gasteiger partial charge in [0, 0.05) is 23.5 Å². The fourth-order valence-electron chi connectivity index (χ4n) is 1.07. The van der Waals surface area contributed by atoms with Crippen molar-refractivity contribution in [3.8, 4) is 0 Å². The Hall–Kier alpha value is -0.0900. The Bertz CT molecular complexity index is 274. The number of aromatic nitrogens is 2. The molecule has 0 amide bonds. The maximum absolute atomic E-state index is 4.18. The molecule has 0 saturated heterocycles. The van der Waals surface area contributed by atoms with E-state index >= 15 is 0 Å². The number of thioether (sulfide) groups is 1. The van der Waals surface area contributed by atoms with Gasteiger partial charge in [0.2, 0.25) is 0 Å². The Morgan fingerprint density at radius 2 is 2.08 bits per heavy atom. The van der Waals surface area contributed by atoms with Crippen LogP contribution >= 0.6 is 27.7 Å². The van der Waals surface area contributed by atoms with E-state index in [-0.39, 0.29) is 0 Å². The third kappa shape index (κ3) is 2.44. The minimum absolute atomic E-state index is 0.546. The van der Waals surface area contributed by atoms with Crippen molar-refractivity contribution in [3.05, 3.63) is 18.5 Å². The second kappa shape index (κ2) is 3.96. The third-order valence-corrected chi connectivity index (χ3v) is 4.71. The van der Waals surface area contributed by atoms with Crippen molar-refractivity contribution in [3.63, 3.8) is 0 Å². The number of halogens is 1. The van der Waals surface area contributed by atoms with Gasteiger partial charge in [-0.15, -0.1) is 0 Å². The van der Waals surface area contributed by atoms with Crippen LogP contribution in [-0.2, 0) is 0 Å². The molecule has 2 rings (SSSR count). The van der Waals surface area contributed by atoms with Gasteiger partial charge in [0.25, 0.3) is 0 Å². The molecule has 1 aliphatic rings. The molecule has 0 aliphatic heterocycles. The van der Waals surface area contributed by atoms with Gasteiger partial charge >= 0.3 is 0 Å². The Labute approximate surface area is 90.7 Å². The molecule has 0 spiro atoms. The SMILES string of the molecule is BrCC1(CSc2ncccn2)CC1. The van der Waals surface area contributed by atoms with Crippen LogP contribution in [0.25, 0.3) is 0 Å². The number of hydrogen-bond acceptors (Lipinski definition) is 3. The summed E-state index contributed by atoms with van der Waals surface area (Å²) in [6, 6.07) is 1.85. The Morgan fingerprint density at radius 3 is 2.62 bits per heavy atom. The summed E-state index contributed by atoms with van der Waals surface area (Å²) >= 11 is 5.32. The smallest absolute Gasteiger partial charge is 0.187 e. The second-order valence-corrected chi connectivity index (χ2v) is 4.96. The summed E-state index contributed by atoms with van der Waals surface area (Å²) in [6.45, 7) is 0. The molecule has 0 aromatic carbocycles. The average molecular weight is 259 g/mol. The average Bonchev–Trinajstić information content (AvgIpc) is 2.97. The standard InChI is InChI=1S/C9H11BrN2S/c10-6-9(2-3-9)7-13-8-11-4-1-5-12-8/h1,4-5H,2-3,6-7H2. The number of rotatable bonds is 4. The zero-order chi connectivity index (χ0) is 9.15. The van der Waals surface area contributed by atoms with Gasteiger partial charge in [-0.3, -0.25) is 0 Å². The minimum atomic E-state index is 0.546. The zero-order valence-electron chi connectivity index (χ0n) is 7.24. The van der Waals surface area contributed by atoms with Crippen molar-refractivity contribution >= 4 is 27.7 Å². The normalized spacial score (nSPS) is 18.5. The fraction of sp³-hybridized carbons (Fsp3) is 0.556. The van der Waals surface area contributed by atoms with E-state index in [9.17, 15) is 0 Å². The number of hydrogen-bond donors (Lipinski definition) is 0. The van der Waals surface area contributed by atoms with E-state index in [1.54, 1.807) is 24.2 Å². The van der Waals surface area contributed by atoms with E-state index in [4.69, 9.17) is 0 Å². The second-order valence-electron chi connectivity index (χ2n) is 3.45. The molecule has 0 radical (unpaired) electrons. The lowest BCUT2D eigenvalue weighted by atomic mass is 10.2. The molecule has 1 saturated carbocycles. The minimum Gasteiger partial charge on any atom is -0.231 e.